The third-order valence-corrected chi connectivity index (χ3v) is 4.71. The molecule has 0 unspecified atom stereocenters. The molecule has 2 nitrogen and oxygen atoms in total. The molecule has 26 heavy (non-hydrogen) atoms. The van der Waals surface area contributed by atoms with E-state index in [0.717, 1.165) is 12.0 Å². The normalized spacial score (nSPS) is 12.9. The summed E-state index contributed by atoms with van der Waals surface area (Å²) in [5, 5.41) is 4.46. The van der Waals surface area contributed by atoms with E-state index in [1.165, 1.54) is 33.4 Å². The van der Waals surface area contributed by atoms with Crippen LogP contribution in [0, 0.1) is 0 Å². The Balaban J connectivity index is 1.77. The number of benzene rings is 3. The molecule has 0 fully saturated rings. The standard InChI is InChI=1S/C24H24N2/c1-24(2,3)26-25-16-18-10-5-7-12-20(18)22-14-8-13-21-19-11-6-4-9-17(19)15-23(21)22/h4-14,16,26H,15H2,1-3H3. The smallest absolute Gasteiger partial charge is 0.0546 e. The summed E-state index contributed by atoms with van der Waals surface area (Å²) in [5.41, 5.74) is 12.4. The van der Waals surface area contributed by atoms with E-state index in [4.69, 9.17) is 0 Å². The fourth-order valence-electron chi connectivity index (χ4n) is 3.56. The predicted octanol–water partition coefficient (Wildman–Crippen LogP) is 5.65. The minimum Gasteiger partial charge on any atom is -0.305 e. The van der Waals surface area contributed by atoms with Crippen molar-refractivity contribution in [2.45, 2.75) is 32.7 Å². The van der Waals surface area contributed by atoms with E-state index in [1.54, 1.807) is 0 Å². The molecule has 3 aromatic rings. The van der Waals surface area contributed by atoms with Gasteiger partial charge in [-0.25, -0.2) is 0 Å². The molecular formula is C24H24N2. The maximum atomic E-state index is 4.46. The maximum Gasteiger partial charge on any atom is 0.0546 e. The minimum absolute atomic E-state index is 0.0406. The largest absolute Gasteiger partial charge is 0.305 e. The summed E-state index contributed by atoms with van der Waals surface area (Å²) in [5.74, 6) is 0. The number of nitrogens with zero attached hydrogens (tertiary/aromatic N) is 1. The van der Waals surface area contributed by atoms with Crippen molar-refractivity contribution in [1.29, 1.82) is 0 Å². The van der Waals surface area contributed by atoms with Crippen LogP contribution < -0.4 is 5.43 Å². The first-order valence-corrected chi connectivity index (χ1v) is 9.13. The van der Waals surface area contributed by atoms with Gasteiger partial charge in [0.2, 0.25) is 0 Å². The Kier molecular flexibility index (Phi) is 4.12. The summed E-state index contributed by atoms with van der Waals surface area (Å²) in [6, 6.07) is 23.8. The molecule has 0 saturated heterocycles. The van der Waals surface area contributed by atoms with E-state index in [2.05, 4.69) is 98.0 Å². The van der Waals surface area contributed by atoms with Gasteiger partial charge in [0.1, 0.15) is 0 Å². The summed E-state index contributed by atoms with van der Waals surface area (Å²) in [4.78, 5) is 0. The van der Waals surface area contributed by atoms with Crippen LogP contribution in [-0.4, -0.2) is 11.8 Å². The summed E-state index contributed by atoms with van der Waals surface area (Å²) < 4.78 is 0. The molecule has 0 saturated carbocycles. The number of rotatable bonds is 3. The van der Waals surface area contributed by atoms with E-state index in [-0.39, 0.29) is 5.54 Å². The fourth-order valence-corrected chi connectivity index (χ4v) is 3.56. The maximum absolute atomic E-state index is 4.46. The molecule has 130 valence electrons. The molecule has 0 bridgehead atoms. The van der Waals surface area contributed by atoms with Crippen LogP contribution in [0.15, 0.2) is 71.8 Å². The van der Waals surface area contributed by atoms with E-state index in [9.17, 15) is 0 Å². The second-order valence-electron chi connectivity index (χ2n) is 7.87. The van der Waals surface area contributed by atoms with Gasteiger partial charge in [-0.05, 0) is 60.6 Å². The molecule has 4 rings (SSSR count). The van der Waals surface area contributed by atoms with E-state index in [0.29, 0.717) is 0 Å². The van der Waals surface area contributed by atoms with Crippen LogP contribution in [0.25, 0.3) is 22.3 Å². The number of fused-ring (bicyclic) bond motifs is 3. The Morgan fingerprint density at radius 3 is 2.15 bits per heavy atom. The molecule has 0 radical (unpaired) electrons. The van der Waals surface area contributed by atoms with Crippen molar-refractivity contribution in [3.63, 3.8) is 0 Å². The highest BCUT2D eigenvalue weighted by Gasteiger charge is 2.21. The molecule has 2 heteroatoms. The Bertz CT molecular complexity index is 977. The van der Waals surface area contributed by atoms with Crippen LogP contribution in [0.5, 0.6) is 0 Å². The van der Waals surface area contributed by atoms with Gasteiger partial charge in [-0.15, -0.1) is 0 Å². The van der Waals surface area contributed by atoms with Gasteiger partial charge in [0, 0.05) is 11.1 Å². The summed E-state index contributed by atoms with van der Waals surface area (Å²) >= 11 is 0. The summed E-state index contributed by atoms with van der Waals surface area (Å²) in [6.45, 7) is 6.33. The van der Waals surface area contributed by atoms with Crippen molar-refractivity contribution >= 4 is 6.21 Å². The monoisotopic (exact) mass is 340 g/mol. The molecule has 0 aliphatic heterocycles. The number of nitrogens with one attached hydrogen (secondary N) is 1. The van der Waals surface area contributed by atoms with Gasteiger partial charge in [0.05, 0.1) is 6.21 Å². The average Bonchev–Trinajstić information content (AvgIpc) is 3.00. The van der Waals surface area contributed by atoms with E-state index in [1.807, 2.05) is 6.21 Å². The lowest BCUT2D eigenvalue weighted by Crippen LogP contribution is -2.31. The number of hydrazone groups is 1. The molecule has 1 N–H and O–H groups in total. The zero-order chi connectivity index (χ0) is 18.1. The molecule has 3 aromatic carbocycles. The van der Waals surface area contributed by atoms with Gasteiger partial charge < -0.3 is 5.43 Å². The highest BCUT2D eigenvalue weighted by Crippen LogP contribution is 2.41. The van der Waals surface area contributed by atoms with Crippen LogP contribution >= 0.6 is 0 Å². The molecule has 0 amide bonds. The molecule has 0 atom stereocenters. The lowest BCUT2D eigenvalue weighted by Gasteiger charge is -2.17. The van der Waals surface area contributed by atoms with Crippen LogP contribution in [-0.2, 0) is 6.42 Å². The third-order valence-electron chi connectivity index (χ3n) is 4.71. The molecule has 0 spiro atoms. The Hall–Kier alpha value is -2.87. The Labute approximate surface area is 155 Å². The minimum atomic E-state index is -0.0406. The predicted molar refractivity (Wildman–Crippen MR) is 111 cm³/mol. The molecule has 0 aromatic heterocycles. The zero-order valence-electron chi connectivity index (χ0n) is 15.6. The fraction of sp³-hybridized carbons (Fsp3) is 0.208. The molecular weight excluding hydrogens is 316 g/mol. The van der Waals surface area contributed by atoms with Crippen molar-refractivity contribution < 1.29 is 0 Å². The number of hydrogen-bond donors (Lipinski definition) is 1. The zero-order valence-corrected chi connectivity index (χ0v) is 15.6. The van der Waals surface area contributed by atoms with Crippen molar-refractivity contribution in [2.24, 2.45) is 5.10 Å². The molecule has 0 heterocycles. The Morgan fingerprint density at radius 2 is 1.38 bits per heavy atom. The number of hydrogen-bond acceptors (Lipinski definition) is 2. The van der Waals surface area contributed by atoms with Gasteiger partial charge in [-0.3, -0.25) is 0 Å². The highest BCUT2D eigenvalue weighted by atomic mass is 15.3. The van der Waals surface area contributed by atoms with Crippen LogP contribution in [0.2, 0.25) is 0 Å². The van der Waals surface area contributed by atoms with Crippen molar-refractivity contribution in [3.8, 4) is 22.3 Å². The second kappa shape index (κ2) is 6.45. The third kappa shape index (κ3) is 3.15. The van der Waals surface area contributed by atoms with Crippen LogP contribution in [0.3, 0.4) is 0 Å². The average molecular weight is 340 g/mol. The first-order chi connectivity index (χ1) is 12.5. The SMILES string of the molecule is CC(C)(C)NN=Cc1ccccc1-c1cccc2c1Cc1ccccc1-2. The summed E-state index contributed by atoms with van der Waals surface area (Å²) in [6.07, 6.45) is 2.93. The topological polar surface area (TPSA) is 24.4 Å². The van der Waals surface area contributed by atoms with Crippen molar-refractivity contribution in [3.05, 3.63) is 83.4 Å². The van der Waals surface area contributed by atoms with Crippen LogP contribution in [0.4, 0.5) is 0 Å². The molecule has 1 aliphatic carbocycles. The Morgan fingerprint density at radius 1 is 0.769 bits per heavy atom. The van der Waals surface area contributed by atoms with Gasteiger partial charge in [0.15, 0.2) is 0 Å². The van der Waals surface area contributed by atoms with Gasteiger partial charge in [-0.1, -0.05) is 66.7 Å². The van der Waals surface area contributed by atoms with Gasteiger partial charge >= 0.3 is 0 Å². The van der Waals surface area contributed by atoms with Gasteiger partial charge in [0.25, 0.3) is 0 Å². The second-order valence-corrected chi connectivity index (χ2v) is 7.87. The quantitative estimate of drug-likeness (QED) is 0.378. The van der Waals surface area contributed by atoms with E-state index < -0.39 is 0 Å². The van der Waals surface area contributed by atoms with Crippen molar-refractivity contribution in [2.75, 3.05) is 0 Å². The van der Waals surface area contributed by atoms with Crippen molar-refractivity contribution in [1.82, 2.24) is 5.43 Å². The first-order valence-electron chi connectivity index (χ1n) is 9.13. The molecule has 1 aliphatic rings. The lowest BCUT2D eigenvalue weighted by molar-refractivity contribution is 0.442. The van der Waals surface area contributed by atoms with E-state index >= 15 is 0 Å². The van der Waals surface area contributed by atoms with Crippen LogP contribution in [0.1, 0.15) is 37.5 Å². The van der Waals surface area contributed by atoms with Gasteiger partial charge in [-0.2, -0.15) is 5.10 Å². The lowest BCUT2D eigenvalue weighted by atomic mass is 9.93. The summed E-state index contributed by atoms with van der Waals surface area (Å²) in [7, 11) is 0. The first kappa shape index (κ1) is 16.6. The highest BCUT2D eigenvalue weighted by molar-refractivity contribution is 5.93.